The second-order valence-electron chi connectivity index (χ2n) is 3.93. The maximum atomic E-state index is 9.62. The largest absolute Gasteiger partial charge is 0.503 e. The van der Waals surface area contributed by atoms with Crippen molar-refractivity contribution in [2.24, 2.45) is 5.10 Å². The van der Waals surface area contributed by atoms with Crippen molar-refractivity contribution in [2.45, 2.75) is 0 Å². The van der Waals surface area contributed by atoms with E-state index in [-0.39, 0.29) is 10.8 Å². The lowest BCUT2D eigenvalue weighted by molar-refractivity contribution is 0.373. The summed E-state index contributed by atoms with van der Waals surface area (Å²) >= 11 is 11.7. The molecule has 0 bridgehead atoms. The first kappa shape index (κ1) is 14.5. The molecule has 104 valence electrons. The van der Waals surface area contributed by atoms with Crippen LogP contribution in [0.4, 0.5) is 5.69 Å². The zero-order chi connectivity index (χ0) is 14.5. The van der Waals surface area contributed by atoms with Gasteiger partial charge in [-0.05, 0) is 42.0 Å². The number of rotatable bonds is 4. The first-order valence-corrected chi connectivity index (χ1v) is 6.47. The van der Waals surface area contributed by atoms with Crippen molar-refractivity contribution in [3.63, 3.8) is 0 Å². The summed E-state index contributed by atoms with van der Waals surface area (Å²) in [5.41, 5.74) is 4.36. The maximum Gasteiger partial charge on any atom is 0.176 e. The fraction of sp³-hybridized carbons (Fsp3) is 0.0714. The number of halogens is 2. The lowest BCUT2D eigenvalue weighted by Gasteiger charge is -2.06. The zero-order valence-electron chi connectivity index (χ0n) is 10.6. The molecule has 2 aromatic carbocycles. The molecule has 0 aliphatic heterocycles. The van der Waals surface area contributed by atoms with Crippen molar-refractivity contribution < 1.29 is 9.84 Å². The molecule has 0 aliphatic carbocycles. The number of phenolic OH excluding ortho intramolecular Hbond substituents is 1. The van der Waals surface area contributed by atoms with Gasteiger partial charge in [0.1, 0.15) is 0 Å². The molecule has 0 aromatic heterocycles. The van der Waals surface area contributed by atoms with Gasteiger partial charge in [-0.1, -0.05) is 23.2 Å². The highest BCUT2D eigenvalue weighted by Crippen LogP contribution is 2.34. The lowest BCUT2D eigenvalue weighted by Crippen LogP contribution is -1.92. The van der Waals surface area contributed by atoms with Crippen molar-refractivity contribution in [1.82, 2.24) is 0 Å². The Morgan fingerprint density at radius 3 is 2.55 bits per heavy atom. The van der Waals surface area contributed by atoms with Gasteiger partial charge in [0.05, 0.1) is 24.0 Å². The number of anilines is 1. The number of nitrogens with zero attached hydrogens (tertiary/aromatic N) is 1. The molecule has 0 atom stereocenters. The first-order chi connectivity index (χ1) is 9.60. The van der Waals surface area contributed by atoms with Gasteiger partial charge in [0.25, 0.3) is 0 Å². The Balaban J connectivity index is 2.11. The van der Waals surface area contributed by atoms with Crippen molar-refractivity contribution in [2.75, 3.05) is 12.5 Å². The van der Waals surface area contributed by atoms with Gasteiger partial charge in [-0.2, -0.15) is 5.10 Å². The Labute approximate surface area is 126 Å². The molecular weight excluding hydrogens is 299 g/mol. The number of benzene rings is 2. The van der Waals surface area contributed by atoms with Gasteiger partial charge < -0.3 is 9.84 Å². The van der Waals surface area contributed by atoms with Crippen LogP contribution in [0.25, 0.3) is 0 Å². The van der Waals surface area contributed by atoms with Gasteiger partial charge in [-0.3, -0.25) is 5.43 Å². The number of hydrogen-bond donors (Lipinski definition) is 2. The summed E-state index contributed by atoms with van der Waals surface area (Å²) in [5, 5.41) is 14.6. The first-order valence-electron chi connectivity index (χ1n) is 5.71. The van der Waals surface area contributed by atoms with Gasteiger partial charge in [-0.15, -0.1) is 0 Å². The quantitative estimate of drug-likeness (QED) is 0.658. The molecule has 0 saturated carbocycles. The van der Waals surface area contributed by atoms with Crippen molar-refractivity contribution in [1.29, 1.82) is 0 Å². The summed E-state index contributed by atoms with van der Waals surface area (Å²) in [6.45, 7) is 0. The van der Waals surface area contributed by atoms with Crippen molar-refractivity contribution in [3.8, 4) is 11.5 Å². The third-order valence-electron chi connectivity index (χ3n) is 2.52. The standard InChI is InChI=1S/C14H12Cl2N2O2/c1-20-13-7-9(6-12(16)14(13)19)8-17-18-11-4-2-10(15)3-5-11/h2-8,18-19H,1H3/b17-8+. The van der Waals surface area contributed by atoms with Crippen LogP contribution in [0.2, 0.25) is 10.0 Å². The highest BCUT2D eigenvalue weighted by Gasteiger charge is 2.07. The number of ether oxygens (including phenoxy) is 1. The van der Waals surface area contributed by atoms with Gasteiger partial charge in [0.15, 0.2) is 11.5 Å². The predicted molar refractivity (Wildman–Crippen MR) is 82.3 cm³/mol. The minimum atomic E-state index is -0.0861. The van der Waals surface area contributed by atoms with E-state index in [0.717, 1.165) is 5.69 Å². The van der Waals surface area contributed by atoms with E-state index >= 15 is 0 Å². The van der Waals surface area contributed by atoms with Crippen LogP contribution in [0.1, 0.15) is 5.56 Å². The van der Waals surface area contributed by atoms with Gasteiger partial charge in [-0.25, -0.2) is 0 Å². The van der Waals surface area contributed by atoms with Gasteiger partial charge >= 0.3 is 0 Å². The molecule has 2 aromatic rings. The summed E-state index contributed by atoms with van der Waals surface area (Å²) in [4.78, 5) is 0. The fourth-order valence-electron chi connectivity index (χ4n) is 1.53. The maximum absolute atomic E-state index is 9.62. The number of phenols is 1. The highest BCUT2D eigenvalue weighted by atomic mass is 35.5. The fourth-order valence-corrected chi connectivity index (χ4v) is 1.87. The Kier molecular flexibility index (Phi) is 4.71. The van der Waals surface area contributed by atoms with E-state index in [1.54, 1.807) is 30.5 Å². The van der Waals surface area contributed by atoms with E-state index in [9.17, 15) is 5.11 Å². The van der Waals surface area contributed by atoms with Gasteiger partial charge in [0, 0.05) is 5.02 Å². The smallest absolute Gasteiger partial charge is 0.176 e. The Bertz CT molecular complexity index is 628. The number of aromatic hydroxyl groups is 1. The molecule has 4 nitrogen and oxygen atoms in total. The van der Waals surface area contributed by atoms with E-state index < -0.39 is 0 Å². The summed E-state index contributed by atoms with van der Waals surface area (Å²) in [7, 11) is 1.46. The minimum absolute atomic E-state index is 0.0861. The van der Waals surface area contributed by atoms with Crippen LogP contribution in [-0.4, -0.2) is 18.4 Å². The Morgan fingerprint density at radius 2 is 1.90 bits per heavy atom. The molecule has 0 unspecified atom stereocenters. The molecule has 0 spiro atoms. The molecule has 2 N–H and O–H groups in total. The summed E-state index contributed by atoms with van der Waals surface area (Å²) in [6.07, 6.45) is 1.57. The average Bonchev–Trinajstić information content (AvgIpc) is 2.44. The van der Waals surface area contributed by atoms with E-state index in [2.05, 4.69) is 10.5 Å². The van der Waals surface area contributed by atoms with Crippen LogP contribution in [0, 0.1) is 0 Å². The normalized spacial score (nSPS) is 10.8. The van der Waals surface area contributed by atoms with Crippen LogP contribution in [0.5, 0.6) is 11.5 Å². The van der Waals surface area contributed by atoms with Crippen LogP contribution in [-0.2, 0) is 0 Å². The van der Waals surface area contributed by atoms with Crippen molar-refractivity contribution in [3.05, 3.63) is 52.0 Å². The van der Waals surface area contributed by atoms with E-state index in [1.807, 2.05) is 12.1 Å². The molecule has 0 heterocycles. The molecule has 20 heavy (non-hydrogen) atoms. The zero-order valence-corrected chi connectivity index (χ0v) is 12.1. The molecule has 0 fully saturated rings. The molecule has 6 heteroatoms. The average molecular weight is 311 g/mol. The molecular formula is C14H12Cl2N2O2. The summed E-state index contributed by atoms with van der Waals surface area (Å²) < 4.78 is 5.01. The summed E-state index contributed by atoms with van der Waals surface area (Å²) in [6, 6.07) is 10.4. The third-order valence-corrected chi connectivity index (χ3v) is 3.06. The highest BCUT2D eigenvalue weighted by molar-refractivity contribution is 6.32. The third kappa shape index (κ3) is 3.56. The van der Waals surface area contributed by atoms with Crippen molar-refractivity contribution >= 4 is 35.1 Å². The van der Waals surface area contributed by atoms with E-state index in [4.69, 9.17) is 27.9 Å². The number of hydrazone groups is 1. The summed E-state index contributed by atoms with van der Waals surface area (Å²) in [5.74, 6) is 0.211. The predicted octanol–water partition coefficient (Wildman–Crippen LogP) is 4.15. The monoisotopic (exact) mass is 310 g/mol. The van der Waals surface area contributed by atoms with E-state index in [0.29, 0.717) is 16.3 Å². The van der Waals surface area contributed by atoms with E-state index in [1.165, 1.54) is 7.11 Å². The SMILES string of the molecule is COc1cc(/C=N/Nc2ccc(Cl)cc2)cc(Cl)c1O. The minimum Gasteiger partial charge on any atom is -0.503 e. The molecule has 0 radical (unpaired) electrons. The second kappa shape index (κ2) is 6.50. The van der Waals surface area contributed by atoms with Crippen LogP contribution >= 0.6 is 23.2 Å². The molecule has 0 amide bonds. The Hall–Kier alpha value is -1.91. The van der Waals surface area contributed by atoms with Gasteiger partial charge in [0.2, 0.25) is 0 Å². The van der Waals surface area contributed by atoms with Crippen LogP contribution < -0.4 is 10.2 Å². The molecule has 0 saturated heterocycles. The van der Waals surface area contributed by atoms with Crippen LogP contribution in [0.3, 0.4) is 0 Å². The number of hydrogen-bond acceptors (Lipinski definition) is 4. The molecule has 0 aliphatic rings. The Morgan fingerprint density at radius 1 is 1.20 bits per heavy atom. The number of nitrogens with one attached hydrogen (secondary N) is 1. The second-order valence-corrected chi connectivity index (χ2v) is 4.77. The lowest BCUT2D eigenvalue weighted by atomic mass is 10.2. The topological polar surface area (TPSA) is 53.8 Å². The molecule has 2 rings (SSSR count). The van der Waals surface area contributed by atoms with Crippen LogP contribution in [0.15, 0.2) is 41.5 Å². The number of methoxy groups -OCH3 is 1.